The van der Waals surface area contributed by atoms with E-state index in [2.05, 4.69) is 24.0 Å². The molecule has 0 saturated heterocycles. The molecule has 3 aromatic heterocycles. The summed E-state index contributed by atoms with van der Waals surface area (Å²) in [5.74, 6) is 1.53. The predicted molar refractivity (Wildman–Crippen MR) is 165 cm³/mol. The number of pyridine rings is 2. The highest BCUT2D eigenvalue weighted by atomic mass is 16.6. The zero-order valence-electron chi connectivity index (χ0n) is 26.0. The van der Waals surface area contributed by atoms with Crippen LogP contribution in [0.3, 0.4) is 0 Å². The van der Waals surface area contributed by atoms with E-state index >= 15 is 0 Å². The van der Waals surface area contributed by atoms with Crippen molar-refractivity contribution in [3.8, 4) is 17.2 Å². The lowest BCUT2D eigenvalue weighted by Crippen LogP contribution is -2.34. The lowest BCUT2D eigenvalue weighted by molar-refractivity contribution is 0.0282. The van der Waals surface area contributed by atoms with Gasteiger partial charge in [0, 0.05) is 31.4 Å². The van der Waals surface area contributed by atoms with E-state index in [4.69, 9.17) is 14.7 Å². The molecule has 1 aliphatic rings. The number of carbonyl (C=O) groups is 2. The molecule has 11 nitrogen and oxygen atoms in total. The van der Waals surface area contributed by atoms with Crippen molar-refractivity contribution in [2.45, 2.75) is 66.3 Å². The summed E-state index contributed by atoms with van der Waals surface area (Å²) in [5, 5.41) is 8.45. The molecule has 11 heteroatoms. The molecule has 0 radical (unpaired) electrons. The topological polar surface area (TPSA) is 110 Å². The summed E-state index contributed by atoms with van der Waals surface area (Å²) >= 11 is 0. The molecule has 1 aromatic carbocycles. The molecule has 0 bridgehead atoms. The molecule has 0 N–H and O–H groups in total. The van der Waals surface area contributed by atoms with Gasteiger partial charge in [-0.25, -0.2) is 14.8 Å². The largest absolute Gasteiger partial charge is 0.444 e. The summed E-state index contributed by atoms with van der Waals surface area (Å²) in [5.41, 5.74) is 3.96. The van der Waals surface area contributed by atoms with Crippen molar-refractivity contribution in [3.05, 3.63) is 77.2 Å². The number of carbonyl (C=O) groups excluding carboxylic acids is 2. The number of rotatable bonds is 7. The third kappa shape index (κ3) is 6.20. The maximum absolute atomic E-state index is 13.9. The minimum absolute atomic E-state index is 0.152. The second kappa shape index (κ2) is 11.5. The number of hydrogen-bond acceptors (Lipinski definition) is 8. The molecular weight excluding hydrogens is 544 g/mol. The Morgan fingerprint density at radius 2 is 1.79 bits per heavy atom. The van der Waals surface area contributed by atoms with Gasteiger partial charge in [0.15, 0.2) is 5.82 Å². The predicted octanol–water partition coefficient (Wildman–Crippen LogP) is 5.40. The lowest BCUT2D eigenvalue weighted by Gasteiger charge is -2.26. The minimum Gasteiger partial charge on any atom is -0.444 e. The smallest absolute Gasteiger partial charge is 0.410 e. The normalized spacial score (nSPS) is 13.0. The molecule has 4 heterocycles. The summed E-state index contributed by atoms with van der Waals surface area (Å²) in [6, 6.07) is 15.6. The molecule has 1 aliphatic heterocycles. The number of anilines is 2. The highest BCUT2D eigenvalue weighted by Gasteiger charge is 2.34. The van der Waals surface area contributed by atoms with E-state index in [1.165, 1.54) is 4.90 Å². The lowest BCUT2D eigenvalue weighted by atomic mass is 10.1. The van der Waals surface area contributed by atoms with Gasteiger partial charge < -0.3 is 14.5 Å². The Hall–Kier alpha value is -4.80. The molecule has 0 spiro atoms. The van der Waals surface area contributed by atoms with Crippen LogP contribution in [0.5, 0.6) is 0 Å². The molecule has 224 valence electrons. The zero-order valence-corrected chi connectivity index (χ0v) is 26.0. The van der Waals surface area contributed by atoms with E-state index in [0.717, 1.165) is 16.8 Å². The van der Waals surface area contributed by atoms with Crippen LogP contribution in [-0.4, -0.2) is 67.4 Å². The first-order valence-corrected chi connectivity index (χ1v) is 14.3. The number of benzene rings is 1. The maximum Gasteiger partial charge on any atom is 0.410 e. The van der Waals surface area contributed by atoms with Crippen LogP contribution < -0.4 is 9.80 Å². The highest BCUT2D eigenvalue weighted by Crippen LogP contribution is 2.33. The number of ether oxygens (including phenoxy) is 1. The summed E-state index contributed by atoms with van der Waals surface area (Å²) in [6.45, 7) is 12.1. The molecule has 5 rings (SSSR count). The number of aromatic nitrogens is 5. The van der Waals surface area contributed by atoms with Crippen LogP contribution in [0.2, 0.25) is 0 Å². The van der Waals surface area contributed by atoms with Gasteiger partial charge in [0.05, 0.1) is 24.3 Å². The molecule has 0 saturated carbocycles. The first-order chi connectivity index (χ1) is 20.3. The van der Waals surface area contributed by atoms with Crippen LogP contribution in [0.15, 0.2) is 54.9 Å². The summed E-state index contributed by atoms with van der Waals surface area (Å²) in [7, 11) is 3.61. The Bertz CT molecular complexity index is 1660. The fraction of sp³-hybridized carbons (Fsp3) is 0.375. The highest BCUT2D eigenvalue weighted by molar-refractivity contribution is 6.10. The van der Waals surface area contributed by atoms with E-state index in [9.17, 15) is 9.59 Å². The minimum atomic E-state index is -0.631. The van der Waals surface area contributed by atoms with Gasteiger partial charge in [0.1, 0.15) is 29.3 Å². The standard InChI is InChI=1S/C32H38N8O3/c1-20(2)38(8)28-16-23-24(26(35-28)18-37(7)31(42)43-32(4,5)6)17-39(30(23)41)27-11-9-10-25(34-27)29-36-33-19-40(29)22-14-12-21(3)13-15-22/h9-16,19-20H,17-18H2,1-8H3. The van der Waals surface area contributed by atoms with Gasteiger partial charge in [0.25, 0.3) is 5.91 Å². The SMILES string of the molecule is Cc1ccc(-n2cnnc2-c2cccc(N3Cc4c(cc(N(C)C(C)C)nc4CN(C)C(=O)OC(C)(C)C)C3=O)n2)cc1. The second-order valence-electron chi connectivity index (χ2n) is 12.1. The van der Waals surface area contributed by atoms with Crippen molar-refractivity contribution < 1.29 is 14.3 Å². The van der Waals surface area contributed by atoms with Crippen LogP contribution in [0, 0.1) is 6.92 Å². The number of hydrogen-bond donors (Lipinski definition) is 0. The molecule has 0 unspecified atom stereocenters. The quantitative estimate of drug-likeness (QED) is 0.285. The number of fused-ring (bicyclic) bond motifs is 1. The molecule has 0 atom stereocenters. The summed E-state index contributed by atoms with van der Waals surface area (Å²) < 4.78 is 7.43. The summed E-state index contributed by atoms with van der Waals surface area (Å²) in [6.07, 6.45) is 1.19. The fourth-order valence-electron chi connectivity index (χ4n) is 4.74. The van der Waals surface area contributed by atoms with Gasteiger partial charge in [-0.3, -0.25) is 14.3 Å². The van der Waals surface area contributed by atoms with Crippen LogP contribution in [0.1, 0.15) is 61.8 Å². The van der Waals surface area contributed by atoms with Gasteiger partial charge in [-0.15, -0.1) is 10.2 Å². The van der Waals surface area contributed by atoms with Crippen molar-refractivity contribution in [2.75, 3.05) is 23.9 Å². The van der Waals surface area contributed by atoms with Crippen molar-refractivity contribution in [2.24, 2.45) is 0 Å². The van der Waals surface area contributed by atoms with Crippen molar-refractivity contribution >= 4 is 23.6 Å². The van der Waals surface area contributed by atoms with E-state index in [0.29, 0.717) is 34.4 Å². The van der Waals surface area contributed by atoms with Crippen LogP contribution in [0.25, 0.3) is 17.2 Å². The first kappa shape index (κ1) is 29.7. The molecule has 0 fully saturated rings. The van der Waals surface area contributed by atoms with E-state index in [-0.39, 0.29) is 25.0 Å². The van der Waals surface area contributed by atoms with Crippen molar-refractivity contribution in [3.63, 3.8) is 0 Å². The number of aryl methyl sites for hydroxylation is 1. The average molecular weight is 583 g/mol. The Morgan fingerprint density at radius 1 is 1.07 bits per heavy atom. The van der Waals surface area contributed by atoms with Crippen LogP contribution >= 0.6 is 0 Å². The monoisotopic (exact) mass is 582 g/mol. The third-order valence-corrected chi connectivity index (χ3v) is 7.32. The number of amides is 2. The first-order valence-electron chi connectivity index (χ1n) is 14.3. The average Bonchev–Trinajstić information content (AvgIpc) is 3.57. The Morgan fingerprint density at radius 3 is 2.47 bits per heavy atom. The zero-order chi connectivity index (χ0) is 31.1. The van der Waals surface area contributed by atoms with Crippen LogP contribution in [0.4, 0.5) is 16.4 Å². The van der Waals surface area contributed by atoms with Gasteiger partial charge in [-0.2, -0.15) is 0 Å². The molecule has 43 heavy (non-hydrogen) atoms. The molecule has 0 aliphatic carbocycles. The van der Waals surface area contributed by atoms with Gasteiger partial charge >= 0.3 is 6.09 Å². The van der Waals surface area contributed by atoms with E-state index < -0.39 is 11.7 Å². The molecular formula is C32H38N8O3. The van der Waals surface area contributed by atoms with E-state index in [1.807, 2.05) is 86.7 Å². The second-order valence-corrected chi connectivity index (χ2v) is 12.1. The molecule has 2 amide bonds. The summed E-state index contributed by atoms with van der Waals surface area (Å²) in [4.78, 5) is 41.6. The number of nitrogens with zero attached hydrogens (tertiary/aromatic N) is 8. The van der Waals surface area contributed by atoms with Crippen LogP contribution in [-0.2, 0) is 17.8 Å². The van der Waals surface area contributed by atoms with Gasteiger partial charge in [-0.05, 0) is 71.9 Å². The maximum atomic E-state index is 13.9. The van der Waals surface area contributed by atoms with Gasteiger partial charge in [0.2, 0.25) is 0 Å². The Kier molecular flexibility index (Phi) is 7.92. The van der Waals surface area contributed by atoms with Crippen molar-refractivity contribution in [1.82, 2.24) is 29.6 Å². The third-order valence-electron chi connectivity index (χ3n) is 7.32. The molecule has 4 aromatic rings. The van der Waals surface area contributed by atoms with Crippen molar-refractivity contribution in [1.29, 1.82) is 0 Å². The Labute approximate surface area is 252 Å². The van der Waals surface area contributed by atoms with E-state index in [1.54, 1.807) is 24.3 Å². The Balaban J connectivity index is 1.49. The fourth-order valence-corrected chi connectivity index (χ4v) is 4.74. The van der Waals surface area contributed by atoms with Gasteiger partial charge in [-0.1, -0.05) is 23.8 Å².